The number of likely N-dealkylation sites (tertiary alicyclic amines) is 1. The lowest BCUT2D eigenvalue weighted by atomic mass is 9.76. The molecule has 3 saturated heterocycles. The number of carbonyl (C=O) groups excluding carboxylic acids is 3. The molecule has 1 unspecified atom stereocenters. The molecule has 1 aromatic heterocycles. The van der Waals surface area contributed by atoms with E-state index in [0.29, 0.717) is 38.4 Å². The van der Waals surface area contributed by atoms with Gasteiger partial charge >= 0.3 is 6.03 Å². The van der Waals surface area contributed by atoms with E-state index in [1.807, 2.05) is 18.7 Å². The van der Waals surface area contributed by atoms with Crippen LogP contribution in [0.3, 0.4) is 0 Å². The number of nitrogens with zero attached hydrogens (tertiary/aromatic N) is 5. The second-order valence-corrected chi connectivity index (χ2v) is 7.54. The van der Waals surface area contributed by atoms with E-state index in [-0.39, 0.29) is 29.3 Å². The van der Waals surface area contributed by atoms with E-state index in [1.54, 1.807) is 21.8 Å². The van der Waals surface area contributed by atoms with Crippen LogP contribution < -0.4 is 0 Å². The van der Waals surface area contributed by atoms with Crippen molar-refractivity contribution in [1.82, 2.24) is 24.5 Å². The second-order valence-electron chi connectivity index (χ2n) is 7.54. The highest BCUT2D eigenvalue weighted by atomic mass is 16.2. The molecule has 4 amide bonds. The van der Waals surface area contributed by atoms with Crippen molar-refractivity contribution in [2.75, 3.05) is 26.2 Å². The van der Waals surface area contributed by atoms with Crippen molar-refractivity contribution >= 4 is 17.8 Å². The van der Waals surface area contributed by atoms with E-state index < -0.39 is 0 Å². The highest BCUT2D eigenvalue weighted by Gasteiger charge is 2.56. The number of hydrogen-bond acceptors (Lipinski definition) is 4. The Morgan fingerprint density at radius 2 is 1.96 bits per heavy atom. The van der Waals surface area contributed by atoms with Crippen LogP contribution in [-0.4, -0.2) is 74.5 Å². The van der Waals surface area contributed by atoms with Gasteiger partial charge in [-0.2, -0.15) is 5.10 Å². The molecular weight excluding hydrogens is 334 g/mol. The van der Waals surface area contributed by atoms with Crippen LogP contribution in [0.5, 0.6) is 0 Å². The fourth-order valence-corrected chi connectivity index (χ4v) is 4.67. The zero-order valence-electron chi connectivity index (χ0n) is 15.3. The van der Waals surface area contributed by atoms with E-state index in [4.69, 9.17) is 0 Å². The third kappa shape index (κ3) is 2.42. The highest BCUT2D eigenvalue weighted by Crippen LogP contribution is 2.46. The summed E-state index contributed by atoms with van der Waals surface area (Å²) in [7, 11) is 0. The molecule has 1 atom stereocenters. The van der Waals surface area contributed by atoms with Crippen molar-refractivity contribution in [1.29, 1.82) is 0 Å². The molecule has 0 N–H and O–H groups in total. The molecule has 4 heterocycles. The smallest absolute Gasteiger partial charge is 0.327 e. The van der Waals surface area contributed by atoms with Crippen LogP contribution in [-0.2, 0) is 11.3 Å². The number of aromatic nitrogens is 2. The predicted molar refractivity (Wildman–Crippen MR) is 93.4 cm³/mol. The number of piperidine rings is 1. The van der Waals surface area contributed by atoms with E-state index in [2.05, 4.69) is 5.10 Å². The van der Waals surface area contributed by atoms with Gasteiger partial charge in [0.1, 0.15) is 11.7 Å². The van der Waals surface area contributed by atoms with Crippen molar-refractivity contribution in [3.05, 3.63) is 18.0 Å². The zero-order chi connectivity index (χ0) is 18.5. The molecule has 3 aliphatic rings. The molecule has 0 bridgehead atoms. The lowest BCUT2D eigenvalue weighted by Crippen LogP contribution is -2.46. The number of rotatable bonds is 3. The molecular formula is C18H25N5O3. The summed E-state index contributed by atoms with van der Waals surface area (Å²) >= 11 is 0. The first-order valence-electron chi connectivity index (χ1n) is 9.43. The minimum absolute atomic E-state index is 0.0157. The first-order chi connectivity index (χ1) is 12.5. The van der Waals surface area contributed by atoms with Gasteiger partial charge in [-0.3, -0.25) is 19.2 Å². The third-order valence-corrected chi connectivity index (χ3v) is 6.20. The lowest BCUT2D eigenvalue weighted by Gasteiger charge is -2.39. The number of amides is 4. The van der Waals surface area contributed by atoms with E-state index in [0.717, 1.165) is 19.3 Å². The first-order valence-corrected chi connectivity index (χ1v) is 9.43. The number of aryl methyl sites for hydroxylation is 1. The van der Waals surface area contributed by atoms with Crippen molar-refractivity contribution in [3.8, 4) is 0 Å². The Kier molecular flexibility index (Phi) is 4.00. The monoisotopic (exact) mass is 359 g/mol. The number of imide groups is 1. The number of carbonyl (C=O) groups is 3. The van der Waals surface area contributed by atoms with Gasteiger partial charge < -0.3 is 9.80 Å². The number of hydrogen-bond donors (Lipinski definition) is 0. The summed E-state index contributed by atoms with van der Waals surface area (Å²) in [5.41, 5.74) is 0.594. The highest BCUT2D eigenvalue weighted by molar-refractivity contribution is 6.04. The van der Waals surface area contributed by atoms with Gasteiger partial charge in [-0.15, -0.1) is 0 Å². The molecule has 3 fully saturated rings. The van der Waals surface area contributed by atoms with Gasteiger partial charge in [0, 0.05) is 38.9 Å². The van der Waals surface area contributed by atoms with Gasteiger partial charge in [-0.05, 0) is 44.6 Å². The Morgan fingerprint density at radius 1 is 1.23 bits per heavy atom. The van der Waals surface area contributed by atoms with Crippen LogP contribution in [0.15, 0.2) is 12.3 Å². The quantitative estimate of drug-likeness (QED) is 0.759. The molecule has 1 aromatic rings. The van der Waals surface area contributed by atoms with E-state index >= 15 is 0 Å². The molecule has 0 radical (unpaired) electrons. The minimum Gasteiger partial charge on any atom is -0.337 e. The van der Waals surface area contributed by atoms with Crippen LogP contribution in [0.2, 0.25) is 0 Å². The molecule has 0 aliphatic carbocycles. The molecule has 26 heavy (non-hydrogen) atoms. The molecule has 1 spiro atoms. The lowest BCUT2D eigenvalue weighted by molar-refractivity contribution is -0.128. The topological polar surface area (TPSA) is 78.8 Å². The molecule has 0 saturated carbocycles. The van der Waals surface area contributed by atoms with Crippen LogP contribution >= 0.6 is 0 Å². The Bertz CT molecular complexity index is 724. The molecule has 3 aliphatic heterocycles. The summed E-state index contributed by atoms with van der Waals surface area (Å²) in [6.07, 6.45) is 4.05. The maximum absolute atomic E-state index is 12.8. The van der Waals surface area contributed by atoms with Gasteiger partial charge in [0.25, 0.3) is 11.8 Å². The Labute approximate surface area is 152 Å². The molecule has 8 heteroatoms. The van der Waals surface area contributed by atoms with Crippen molar-refractivity contribution in [2.24, 2.45) is 5.41 Å². The summed E-state index contributed by atoms with van der Waals surface area (Å²) in [4.78, 5) is 42.6. The van der Waals surface area contributed by atoms with Crippen molar-refractivity contribution < 1.29 is 14.4 Å². The molecule has 8 nitrogen and oxygen atoms in total. The van der Waals surface area contributed by atoms with E-state index in [9.17, 15) is 14.4 Å². The summed E-state index contributed by atoms with van der Waals surface area (Å²) in [5, 5.41) is 4.17. The fraction of sp³-hybridized carbons (Fsp3) is 0.667. The summed E-state index contributed by atoms with van der Waals surface area (Å²) in [5.74, 6) is -0.0401. The minimum atomic E-state index is -0.300. The van der Waals surface area contributed by atoms with Crippen LogP contribution in [0, 0.1) is 5.41 Å². The van der Waals surface area contributed by atoms with Gasteiger partial charge in [-0.1, -0.05) is 0 Å². The molecule has 0 aromatic carbocycles. The van der Waals surface area contributed by atoms with Crippen LogP contribution in [0.1, 0.15) is 43.6 Å². The summed E-state index contributed by atoms with van der Waals surface area (Å²) in [6, 6.07) is 1.31. The predicted octanol–water partition coefficient (Wildman–Crippen LogP) is 1.18. The average Bonchev–Trinajstić information content (AvgIpc) is 3.31. The molecule has 4 rings (SSSR count). The standard InChI is InChI=1S/C18H25N5O3/c1-3-21-16(25)14-11-18(12-22(14)17(21)26)6-9-20(10-7-18)15(24)13-5-8-19-23(13)4-2/h5,8,14H,3-4,6-7,9-12H2,1-2H3. The summed E-state index contributed by atoms with van der Waals surface area (Å²) in [6.45, 7) is 6.86. The summed E-state index contributed by atoms with van der Waals surface area (Å²) < 4.78 is 1.72. The maximum atomic E-state index is 12.8. The van der Waals surface area contributed by atoms with Gasteiger partial charge in [0.2, 0.25) is 0 Å². The number of fused-ring (bicyclic) bond motifs is 1. The van der Waals surface area contributed by atoms with Crippen molar-refractivity contribution in [3.63, 3.8) is 0 Å². The number of likely N-dealkylation sites (N-methyl/N-ethyl adjacent to an activating group) is 1. The fourth-order valence-electron chi connectivity index (χ4n) is 4.67. The SMILES string of the molecule is CCN1C(=O)C2CC3(CCN(C(=O)c4ccnn4CC)CC3)CN2C1=O. The number of urea groups is 1. The van der Waals surface area contributed by atoms with Gasteiger partial charge in [0.05, 0.1) is 0 Å². The van der Waals surface area contributed by atoms with Gasteiger partial charge in [0.15, 0.2) is 0 Å². The van der Waals surface area contributed by atoms with Crippen LogP contribution in [0.4, 0.5) is 4.79 Å². The third-order valence-electron chi connectivity index (χ3n) is 6.20. The Morgan fingerprint density at radius 3 is 2.58 bits per heavy atom. The van der Waals surface area contributed by atoms with Crippen LogP contribution in [0.25, 0.3) is 0 Å². The Balaban J connectivity index is 1.43. The second kappa shape index (κ2) is 6.10. The largest absolute Gasteiger partial charge is 0.337 e. The molecule has 140 valence electrons. The van der Waals surface area contributed by atoms with E-state index in [1.165, 1.54) is 4.90 Å². The van der Waals surface area contributed by atoms with Gasteiger partial charge in [-0.25, -0.2) is 4.79 Å². The first kappa shape index (κ1) is 17.1. The van der Waals surface area contributed by atoms with Crippen molar-refractivity contribution in [2.45, 2.75) is 45.7 Å². The normalized spacial score (nSPS) is 24.7. The Hall–Kier alpha value is -2.38. The zero-order valence-corrected chi connectivity index (χ0v) is 15.3. The maximum Gasteiger partial charge on any atom is 0.327 e. The average molecular weight is 359 g/mol.